The number of benzene rings is 1. The zero-order valence-electron chi connectivity index (χ0n) is 9.73. The molecule has 0 saturated heterocycles. The van der Waals surface area contributed by atoms with Gasteiger partial charge in [0.05, 0.1) is 12.3 Å². The fourth-order valence-corrected chi connectivity index (χ4v) is 1.79. The molecule has 1 aliphatic rings. The van der Waals surface area contributed by atoms with Crippen molar-refractivity contribution in [2.75, 3.05) is 11.9 Å². The van der Waals surface area contributed by atoms with Gasteiger partial charge in [0.15, 0.2) is 6.10 Å². The average Bonchev–Trinajstić information content (AvgIpc) is 2.29. The Bertz CT molecular complexity index is 489. The minimum absolute atomic E-state index is 0.149. The van der Waals surface area contributed by atoms with E-state index in [0.717, 1.165) is 0 Å². The Labute approximate surface area is 109 Å². The van der Waals surface area contributed by atoms with Gasteiger partial charge in [-0.15, -0.1) is 0 Å². The molecule has 0 aromatic heterocycles. The maximum absolute atomic E-state index is 11.7. The molecule has 1 atom stereocenters. The molecule has 0 saturated carbocycles. The third-order valence-electron chi connectivity index (χ3n) is 2.45. The fourth-order valence-electron chi connectivity index (χ4n) is 1.62. The van der Waals surface area contributed by atoms with Gasteiger partial charge in [0.2, 0.25) is 0 Å². The number of amides is 1. The van der Waals surface area contributed by atoms with E-state index in [9.17, 15) is 9.59 Å². The molecule has 1 aromatic rings. The smallest absolute Gasteiger partial charge is 0.302 e. The molecule has 1 N–H and O–H groups in total. The van der Waals surface area contributed by atoms with Crippen molar-refractivity contribution in [3.63, 3.8) is 0 Å². The summed E-state index contributed by atoms with van der Waals surface area (Å²) in [7, 11) is 0. The van der Waals surface area contributed by atoms with Crippen molar-refractivity contribution in [1.82, 2.24) is 0 Å². The lowest BCUT2D eigenvalue weighted by Crippen LogP contribution is -2.37. The molecule has 0 fully saturated rings. The molecule has 0 bridgehead atoms. The van der Waals surface area contributed by atoms with Gasteiger partial charge >= 0.3 is 5.97 Å². The molecule has 1 unspecified atom stereocenters. The summed E-state index contributed by atoms with van der Waals surface area (Å²) in [6.45, 7) is 1.47. The van der Waals surface area contributed by atoms with Gasteiger partial charge in [0, 0.05) is 18.4 Å². The summed E-state index contributed by atoms with van der Waals surface area (Å²) in [6.07, 6.45) is -0.342. The number of hydrogen-bond donors (Lipinski definition) is 1. The van der Waals surface area contributed by atoms with E-state index in [2.05, 4.69) is 5.32 Å². The zero-order valence-corrected chi connectivity index (χ0v) is 10.5. The van der Waals surface area contributed by atoms with Crippen LogP contribution in [0, 0.1) is 0 Å². The lowest BCUT2D eigenvalue weighted by Gasteiger charge is -2.25. The van der Waals surface area contributed by atoms with E-state index in [1.165, 1.54) is 6.92 Å². The largest absolute Gasteiger partial charge is 0.478 e. The summed E-state index contributed by atoms with van der Waals surface area (Å²) in [5.74, 6) is -0.0813. The summed E-state index contributed by atoms with van der Waals surface area (Å²) in [5.41, 5.74) is 0.552. The highest BCUT2D eigenvalue weighted by atomic mass is 35.5. The van der Waals surface area contributed by atoms with Gasteiger partial charge in [-0.1, -0.05) is 11.6 Å². The van der Waals surface area contributed by atoms with E-state index in [1.807, 2.05) is 0 Å². The molecular formula is C12H12ClNO4. The van der Waals surface area contributed by atoms with Gasteiger partial charge in [0.25, 0.3) is 5.91 Å². The summed E-state index contributed by atoms with van der Waals surface area (Å²) in [4.78, 5) is 22.3. The molecule has 6 heteroatoms. The first-order chi connectivity index (χ1) is 8.56. The number of rotatable bonds is 3. The number of ether oxygens (including phenoxy) is 2. The molecule has 1 aliphatic heterocycles. The first kappa shape index (κ1) is 12.7. The molecule has 96 valence electrons. The van der Waals surface area contributed by atoms with Crippen LogP contribution in [0.25, 0.3) is 0 Å². The first-order valence-corrected chi connectivity index (χ1v) is 5.84. The van der Waals surface area contributed by atoms with Crippen molar-refractivity contribution < 1.29 is 19.1 Å². The third-order valence-corrected chi connectivity index (χ3v) is 2.68. The standard InChI is InChI=1S/C12H12ClNO4/c1-7(15)17-5-4-11-12(16)14-9-6-8(13)2-3-10(9)18-11/h2-3,6,11H,4-5H2,1H3,(H,14,16). The van der Waals surface area contributed by atoms with Crippen LogP contribution in [0.4, 0.5) is 5.69 Å². The minimum atomic E-state index is -0.655. The monoisotopic (exact) mass is 269 g/mol. The van der Waals surface area contributed by atoms with Crippen molar-refractivity contribution in [2.24, 2.45) is 0 Å². The van der Waals surface area contributed by atoms with Gasteiger partial charge in [-0.3, -0.25) is 9.59 Å². The Morgan fingerprint density at radius 3 is 3.06 bits per heavy atom. The normalized spacial score (nSPS) is 17.4. The van der Waals surface area contributed by atoms with Crippen LogP contribution in [0.1, 0.15) is 13.3 Å². The quantitative estimate of drug-likeness (QED) is 0.853. The Balaban J connectivity index is 2.02. The van der Waals surface area contributed by atoms with Crippen LogP contribution in [0.5, 0.6) is 5.75 Å². The predicted molar refractivity (Wildman–Crippen MR) is 65.7 cm³/mol. The van der Waals surface area contributed by atoms with Crippen molar-refractivity contribution in [3.05, 3.63) is 23.2 Å². The molecule has 1 amide bonds. The highest BCUT2D eigenvalue weighted by molar-refractivity contribution is 6.31. The summed E-state index contributed by atoms with van der Waals surface area (Å²) in [5, 5.41) is 3.22. The van der Waals surface area contributed by atoms with Crippen molar-refractivity contribution in [1.29, 1.82) is 0 Å². The van der Waals surface area contributed by atoms with E-state index >= 15 is 0 Å². The third kappa shape index (κ3) is 2.92. The van der Waals surface area contributed by atoms with Crippen LogP contribution in [-0.4, -0.2) is 24.6 Å². The average molecular weight is 270 g/mol. The molecule has 2 rings (SSSR count). The Morgan fingerprint density at radius 1 is 1.56 bits per heavy atom. The molecule has 5 nitrogen and oxygen atoms in total. The number of anilines is 1. The first-order valence-electron chi connectivity index (χ1n) is 5.46. The van der Waals surface area contributed by atoms with Crippen molar-refractivity contribution in [3.8, 4) is 5.75 Å². The van der Waals surface area contributed by atoms with E-state index < -0.39 is 6.10 Å². The van der Waals surface area contributed by atoms with Crippen LogP contribution in [0.3, 0.4) is 0 Å². The van der Waals surface area contributed by atoms with Crippen LogP contribution < -0.4 is 10.1 Å². The number of nitrogens with one attached hydrogen (secondary N) is 1. The van der Waals surface area contributed by atoms with Gasteiger partial charge in [0.1, 0.15) is 5.75 Å². The Morgan fingerprint density at radius 2 is 2.33 bits per heavy atom. The summed E-state index contributed by atoms with van der Waals surface area (Å²) < 4.78 is 10.3. The van der Waals surface area contributed by atoms with E-state index in [-0.39, 0.29) is 18.5 Å². The second-order valence-electron chi connectivity index (χ2n) is 3.86. The number of carbonyl (C=O) groups is 2. The number of carbonyl (C=O) groups excluding carboxylic acids is 2. The van der Waals surface area contributed by atoms with Gasteiger partial charge in [-0.05, 0) is 18.2 Å². The van der Waals surface area contributed by atoms with Gasteiger partial charge in [-0.25, -0.2) is 0 Å². The Hall–Kier alpha value is -1.75. The second kappa shape index (κ2) is 5.27. The minimum Gasteiger partial charge on any atom is -0.478 e. The second-order valence-corrected chi connectivity index (χ2v) is 4.30. The van der Waals surface area contributed by atoms with E-state index in [4.69, 9.17) is 21.1 Å². The van der Waals surface area contributed by atoms with Crippen molar-refractivity contribution in [2.45, 2.75) is 19.4 Å². The topological polar surface area (TPSA) is 64.6 Å². The fraction of sp³-hybridized carbons (Fsp3) is 0.333. The number of fused-ring (bicyclic) bond motifs is 1. The summed E-state index contributed by atoms with van der Waals surface area (Å²) >= 11 is 5.81. The SMILES string of the molecule is CC(=O)OCCC1Oc2ccc(Cl)cc2NC1=O. The maximum atomic E-state index is 11.7. The molecular weight excluding hydrogens is 258 g/mol. The van der Waals surface area contributed by atoms with E-state index in [0.29, 0.717) is 22.9 Å². The van der Waals surface area contributed by atoms with Gasteiger partial charge < -0.3 is 14.8 Å². The maximum Gasteiger partial charge on any atom is 0.302 e. The van der Waals surface area contributed by atoms with Crippen LogP contribution in [0.2, 0.25) is 5.02 Å². The number of halogens is 1. The summed E-state index contributed by atoms with van der Waals surface area (Å²) in [6, 6.07) is 4.99. The highest BCUT2D eigenvalue weighted by Gasteiger charge is 2.27. The lowest BCUT2D eigenvalue weighted by molar-refractivity contribution is -0.142. The van der Waals surface area contributed by atoms with Gasteiger partial charge in [-0.2, -0.15) is 0 Å². The zero-order chi connectivity index (χ0) is 13.1. The molecule has 0 aliphatic carbocycles. The van der Waals surface area contributed by atoms with E-state index in [1.54, 1.807) is 18.2 Å². The number of esters is 1. The molecule has 0 radical (unpaired) electrons. The number of hydrogen-bond acceptors (Lipinski definition) is 4. The van der Waals surface area contributed by atoms with Crippen LogP contribution in [0.15, 0.2) is 18.2 Å². The Kier molecular flexibility index (Phi) is 3.72. The molecule has 1 heterocycles. The lowest BCUT2D eigenvalue weighted by atomic mass is 10.2. The van der Waals surface area contributed by atoms with Crippen LogP contribution >= 0.6 is 11.6 Å². The van der Waals surface area contributed by atoms with Crippen LogP contribution in [-0.2, 0) is 14.3 Å². The molecule has 0 spiro atoms. The van der Waals surface area contributed by atoms with Crippen molar-refractivity contribution >= 4 is 29.2 Å². The predicted octanol–water partition coefficient (Wildman–Crippen LogP) is 1.99. The molecule has 18 heavy (non-hydrogen) atoms. The highest BCUT2D eigenvalue weighted by Crippen LogP contribution is 2.32. The molecule has 1 aromatic carbocycles.